The van der Waals surface area contributed by atoms with Crippen molar-refractivity contribution in [2.75, 3.05) is 13.1 Å². The summed E-state index contributed by atoms with van der Waals surface area (Å²) in [6.07, 6.45) is 5.47. The second-order valence-electron chi connectivity index (χ2n) is 2.21. The first-order chi connectivity index (χ1) is 5.66. The molecule has 4 nitrogen and oxygen atoms in total. The van der Waals surface area contributed by atoms with Gasteiger partial charge in [0.25, 0.3) is 0 Å². The van der Waals surface area contributed by atoms with Crippen LogP contribution in [0.4, 0.5) is 0 Å². The molecule has 0 heterocycles. The van der Waals surface area contributed by atoms with E-state index in [1.807, 2.05) is 0 Å². The number of hydrogen-bond acceptors (Lipinski definition) is 2. The lowest BCUT2D eigenvalue weighted by Crippen LogP contribution is -2.36. The Morgan fingerprint density at radius 1 is 1.42 bits per heavy atom. The molecule has 4 heteroatoms. The van der Waals surface area contributed by atoms with Crippen LogP contribution in [0.3, 0.4) is 0 Å². The van der Waals surface area contributed by atoms with Crippen LogP contribution in [0.2, 0.25) is 0 Å². The Hall–Kier alpha value is -1.50. The lowest BCUT2D eigenvalue weighted by molar-refractivity contribution is -0.124. The van der Waals surface area contributed by atoms with Gasteiger partial charge >= 0.3 is 0 Å². The van der Waals surface area contributed by atoms with Gasteiger partial charge in [0.15, 0.2) is 0 Å². The normalized spacial score (nSPS) is 8.33. The van der Waals surface area contributed by atoms with Crippen LogP contribution in [0.25, 0.3) is 0 Å². The van der Waals surface area contributed by atoms with E-state index in [0.29, 0.717) is 13.0 Å². The van der Waals surface area contributed by atoms with Crippen molar-refractivity contribution in [2.45, 2.75) is 13.3 Å². The third-order valence-electron chi connectivity index (χ3n) is 1.09. The second-order valence-corrected chi connectivity index (χ2v) is 2.21. The van der Waals surface area contributed by atoms with Gasteiger partial charge in [-0.3, -0.25) is 9.59 Å². The van der Waals surface area contributed by atoms with Crippen LogP contribution in [0, 0.1) is 12.3 Å². The van der Waals surface area contributed by atoms with Crippen molar-refractivity contribution in [3.8, 4) is 12.3 Å². The van der Waals surface area contributed by atoms with Crippen LogP contribution in [-0.4, -0.2) is 24.9 Å². The first kappa shape index (κ1) is 10.5. The van der Waals surface area contributed by atoms with E-state index in [9.17, 15) is 9.59 Å². The molecule has 0 radical (unpaired) electrons. The van der Waals surface area contributed by atoms with Gasteiger partial charge in [-0.05, 0) is 0 Å². The highest BCUT2D eigenvalue weighted by Gasteiger charge is 1.99. The van der Waals surface area contributed by atoms with Gasteiger partial charge in [-0.25, -0.2) is 0 Å². The van der Waals surface area contributed by atoms with Crippen molar-refractivity contribution in [2.24, 2.45) is 0 Å². The Kier molecular flexibility index (Phi) is 5.45. The molecule has 0 saturated carbocycles. The molecule has 0 bridgehead atoms. The first-order valence-corrected chi connectivity index (χ1v) is 3.61. The van der Waals surface area contributed by atoms with E-state index in [1.165, 1.54) is 6.92 Å². The first-order valence-electron chi connectivity index (χ1n) is 3.61. The highest BCUT2D eigenvalue weighted by atomic mass is 16.2. The molecule has 66 valence electrons. The summed E-state index contributed by atoms with van der Waals surface area (Å²) >= 11 is 0. The Labute approximate surface area is 71.7 Å². The Morgan fingerprint density at radius 2 is 2.08 bits per heavy atom. The molecule has 0 aromatic carbocycles. The van der Waals surface area contributed by atoms with Gasteiger partial charge in [0, 0.05) is 19.9 Å². The average Bonchev–Trinajstić information content (AvgIpc) is 2.01. The molecule has 0 unspecified atom stereocenters. The molecule has 0 rings (SSSR count). The smallest absolute Gasteiger partial charge is 0.239 e. The molecule has 0 saturated heterocycles. The van der Waals surface area contributed by atoms with Gasteiger partial charge < -0.3 is 10.6 Å². The van der Waals surface area contributed by atoms with Crippen LogP contribution < -0.4 is 10.6 Å². The third-order valence-corrected chi connectivity index (χ3v) is 1.09. The Balaban J connectivity index is 3.35. The van der Waals surface area contributed by atoms with Crippen LogP contribution in [0.5, 0.6) is 0 Å². The SMILES string of the molecule is C#CCCNC(=O)CNC(C)=O. The molecule has 0 fully saturated rings. The van der Waals surface area contributed by atoms with Crippen molar-refractivity contribution in [1.29, 1.82) is 0 Å². The van der Waals surface area contributed by atoms with Gasteiger partial charge in [-0.2, -0.15) is 0 Å². The number of nitrogens with one attached hydrogen (secondary N) is 2. The summed E-state index contributed by atoms with van der Waals surface area (Å²) in [6, 6.07) is 0. The molecule has 0 atom stereocenters. The molecule has 12 heavy (non-hydrogen) atoms. The zero-order valence-electron chi connectivity index (χ0n) is 7.02. The van der Waals surface area contributed by atoms with Crippen LogP contribution in [0.15, 0.2) is 0 Å². The number of carbonyl (C=O) groups excluding carboxylic acids is 2. The number of rotatable bonds is 4. The number of amides is 2. The number of terminal acetylenes is 1. The molecule has 2 amide bonds. The molecule has 0 aliphatic rings. The lowest BCUT2D eigenvalue weighted by atomic mass is 10.4. The van der Waals surface area contributed by atoms with Crippen molar-refractivity contribution in [1.82, 2.24) is 10.6 Å². The van der Waals surface area contributed by atoms with Crippen molar-refractivity contribution in [3.63, 3.8) is 0 Å². The largest absolute Gasteiger partial charge is 0.354 e. The monoisotopic (exact) mass is 168 g/mol. The minimum Gasteiger partial charge on any atom is -0.354 e. The molecule has 2 N–H and O–H groups in total. The van der Waals surface area contributed by atoms with Crippen LogP contribution in [0.1, 0.15) is 13.3 Å². The van der Waals surface area contributed by atoms with Crippen LogP contribution in [-0.2, 0) is 9.59 Å². The number of hydrogen-bond donors (Lipinski definition) is 2. The fraction of sp³-hybridized carbons (Fsp3) is 0.500. The predicted molar refractivity (Wildman–Crippen MR) is 45.1 cm³/mol. The molecule has 0 aliphatic heterocycles. The minimum absolute atomic E-state index is 0.0138. The predicted octanol–water partition coefficient (Wildman–Crippen LogP) is -0.738. The summed E-state index contributed by atoms with van der Waals surface area (Å²) in [5.74, 6) is 1.94. The van der Waals surface area contributed by atoms with Gasteiger partial charge in [0.05, 0.1) is 6.54 Å². The quantitative estimate of drug-likeness (QED) is 0.429. The van der Waals surface area contributed by atoms with E-state index >= 15 is 0 Å². The fourth-order valence-corrected chi connectivity index (χ4v) is 0.541. The Morgan fingerprint density at radius 3 is 2.58 bits per heavy atom. The maximum atomic E-state index is 10.8. The molecule has 0 aliphatic carbocycles. The van der Waals surface area contributed by atoms with Gasteiger partial charge in [-0.15, -0.1) is 12.3 Å². The zero-order chi connectivity index (χ0) is 9.40. The highest BCUT2D eigenvalue weighted by molar-refractivity contribution is 5.83. The summed E-state index contributed by atoms with van der Waals surface area (Å²) in [4.78, 5) is 21.2. The summed E-state index contributed by atoms with van der Waals surface area (Å²) in [5.41, 5.74) is 0. The van der Waals surface area contributed by atoms with E-state index in [-0.39, 0.29) is 18.4 Å². The van der Waals surface area contributed by atoms with Crippen molar-refractivity contribution >= 4 is 11.8 Å². The van der Waals surface area contributed by atoms with E-state index in [1.54, 1.807) is 0 Å². The van der Waals surface area contributed by atoms with E-state index < -0.39 is 0 Å². The standard InChI is InChI=1S/C8H12N2O2/c1-3-4-5-9-8(12)6-10-7(2)11/h1H,4-6H2,2H3,(H,9,12)(H,10,11). The lowest BCUT2D eigenvalue weighted by Gasteiger charge is -2.02. The maximum Gasteiger partial charge on any atom is 0.239 e. The van der Waals surface area contributed by atoms with Crippen LogP contribution >= 0.6 is 0 Å². The molecule has 0 aromatic rings. The molecule has 0 aromatic heterocycles. The van der Waals surface area contributed by atoms with Crippen molar-refractivity contribution < 1.29 is 9.59 Å². The topological polar surface area (TPSA) is 58.2 Å². The molecule has 0 spiro atoms. The Bertz CT molecular complexity index is 206. The highest BCUT2D eigenvalue weighted by Crippen LogP contribution is 1.71. The van der Waals surface area contributed by atoms with Crippen molar-refractivity contribution in [3.05, 3.63) is 0 Å². The maximum absolute atomic E-state index is 10.8. The summed E-state index contributed by atoms with van der Waals surface area (Å²) in [6.45, 7) is 1.82. The minimum atomic E-state index is -0.222. The molecular weight excluding hydrogens is 156 g/mol. The average molecular weight is 168 g/mol. The van der Waals surface area contributed by atoms with Gasteiger partial charge in [0.1, 0.15) is 0 Å². The second kappa shape index (κ2) is 6.23. The fourth-order valence-electron chi connectivity index (χ4n) is 0.541. The van der Waals surface area contributed by atoms with Gasteiger partial charge in [0.2, 0.25) is 11.8 Å². The van der Waals surface area contributed by atoms with E-state index in [2.05, 4.69) is 16.6 Å². The summed E-state index contributed by atoms with van der Waals surface area (Å²) in [7, 11) is 0. The van der Waals surface area contributed by atoms with E-state index in [4.69, 9.17) is 6.42 Å². The van der Waals surface area contributed by atoms with Gasteiger partial charge in [-0.1, -0.05) is 0 Å². The zero-order valence-corrected chi connectivity index (χ0v) is 7.02. The van der Waals surface area contributed by atoms with E-state index in [0.717, 1.165) is 0 Å². The summed E-state index contributed by atoms with van der Waals surface area (Å²) in [5, 5.41) is 4.91. The summed E-state index contributed by atoms with van der Waals surface area (Å²) < 4.78 is 0. The number of carbonyl (C=O) groups is 2. The third kappa shape index (κ3) is 6.62. The molecular formula is C8H12N2O2.